The van der Waals surface area contributed by atoms with Crippen LogP contribution in [0.4, 0.5) is 10.1 Å². The van der Waals surface area contributed by atoms with Gasteiger partial charge in [-0.15, -0.1) is 24.0 Å². The highest BCUT2D eigenvalue weighted by molar-refractivity contribution is 14.0. The molecule has 0 radical (unpaired) electrons. The van der Waals surface area contributed by atoms with E-state index in [1.165, 1.54) is 25.5 Å². The van der Waals surface area contributed by atoms with E-state index in [0.29, 0.717) is 12.0 Å². The molecule has 1 aromatic rings. The van der Waals surface area contributed by atoms with Crippen LogP contribution in [0.3, 0.4) is 0 Å². The zero-order valence-corrected chi connectivity index (χ0v) is 18.8. The van der Waals surface area contributed by atoms with Crippen molar-refractivity contribution in [3.8, 4) is 0 Å². The second-order valence-electron chi connectivity index (χ2n) is 7.63. The van der Waals surface area contributed by atoms with Crippen molar-refractivity contribution < 1.29 is 4.39 Å². The number of halogens is 2. The average molecular weight is 489 g/mol. The molecular weight excluding hydrogens is 456 g/mol. The number of anilines is 1. The van der Waals surface area contributed by atoms with Crippen molar-refractivity contribution in [3.63, 3.8) is 0 Å². The van der Waals surface area contributed by atoms with E-state index in [0.717, 1.165) is 50.7 Å². The number of nitrogens with one attached hydrogen (secondary N) is 2. The van der Waals surface area contributed by atoms with E-state index in [4.69, 9.17) is 0 Å². The van der Waals surface area contributed by atoms with Gasteiger partial charge in [0.15, 0.2) is 5.96 Å². The number of likely N-dealkylation sites (tertiary alicyclic amines) is 1. The Morgan fingerprint density at radius 2 is 2.04 bits per heavy atom. The fourth-order valence-corrected chi connectivity index (χ4v) is 4.07. The molecule has 2 N–H and O–H groups in total. The Kier molecular flexibility index (Phi) is 9.08. The summed E-state index contributed by atoms with van der Waals surface area (Å²) in [4.78, 5) is 9.06. The molecule has 27 heavy (non-hydrogen) atoms. The van der Waals surface area contributed by atoms with Crippen LogP contribution in [-0.2, 0) is 0 Å². The first-order chi connectivity index (χ1) is 12.6. The first kappa shape index (κ1) is 22.2. The van der Waals surface area contributed by atoms with Gasteiger partial charge in [-0.2, -0.15) is 0 Å². The van der Waals surface area contributed by atoms with Crippen LogP contribution in [0.25, 0.3) is 0 Å². The average Bonchev–Trinajstić information content (AvgIpc) is 2.65. The smallest absolute Gasteiger partial charge is 0.191 e. The lowest BCUT2D eigenvalue weighted by Gasteiger charge is -2.36. The number of rotatable bonds is 4. The first-order valence-corrected chi connectivity index (χ1v) is 9.80. The van der Waals surface area contributed by atoms with Gasteiger partial charge in [-0.3, -0.25) is 4.99 Å². The molecule has 2 aliphatic rings. The molecule has 2 saturated heterocycles. The van der Waals surface area contributed by atoms with E-state index in [1.807, 2.05) is 13.1 Å². The maximum absolute atomic E-state index is 13.5. The number of hydrogen-bond acceptors (Lipinski definition) is 3. The van der Waals surface area contributed by atoms with Crippen LogP contribution in [0.15, 0.2) is 29.3 Å². The lowest BCUT2D eigenvalue weighted by molar-refractivity contribution is 0.210. The molecule has 0 aliphatic carbocycles. The molecular formula is C20H33FIN5. The first-order valence-electron chi connectivity index (χ1n) is 9.80. The number of aliphatic imine (C=N–C) groups is 1. The summed E-state index contributed by atoms with van der Waals surface area (Å²) < 4.78 is 13.5. The van der Waals surface area contributed by atoms with Crippen molar-refractivity contribution in [2.45, 2.75) is 31.7 Å². The minimum atomic E-state index is -0.174. The molecule has 0 bridgehead atoms. The number of nitrogens with zero attached hydrogens (tertiary/aromatic N) is 3. The van der Waals surface area contributed by atoms with Gasteiger partial charge >= 0.3 is 0 Å². The minimum Gasteiger partial charge on any atom is -0.369 e. The lowest BCUT2D eigenvalue weighted by Crippen LogP contribution is -2.52. The highest BCUT2D eigenvalue weighted by Crippen LogP contribution is 2.20. The third kappa shape index (κ3) is 6.78. The molecule has 5 nitrogen and oxygen atoms in total. The molecule has 0 spiro atoms. The molecule has 2 atom stereocenters. The number of piperidine rings is 2. The summed E-state index contributed by atoms with van der Waals surface area (Å²) >= 11 is 0. The van der Waals surface area contributed by atoms with Crippen LogP contribution >= 0.6 is 24.0 Å². The van der Waals surface area contributed by atoms with E-state index in [1.54, 1.807) is 12.1 Å². The molecule has 2 unspecified atom stereocenters. The van der Waals surface area contributed by atoms with E-state index in [2.05, 4.69) is 32.5 Å². The lowest BCUT2D eigenvalue weighted by atomic mass is 9.98. The van der Waals surface area contributed by atoms with E-state index < -0.39 is 0 Å². The molecule has 0 saturated carbocycles. The molecule has 1 aromatic carbocycles. The van der Waals surface area contributed by atoms with Crippen LogP contribution in [-0.4, -0.2) is 63.7 Å². The van der Waals surface area contributed by atoms with Gasteiger partial charge in [0.2, 0.25) is 0 Å². The van der Waals surface area contributed by atoms with E-state index in [-0.39, 0.29) is 29.8 Å². The Bertz CT molecular complexity index is 612. The van der Waals surface area contributed by atoms with Gasteiger partial charge in [0.05, 0.1) is 0 Å². The van der Waals surface area contributed by atoms with Crippen LogP contribution in [0.2, 0.25) is 0 Å². The number of benzene rings is 1. The maximum Gasteiger partial charge on any atom is 0.191 e. The van der Waals surface area contributed by atoms with Gasteiger partial charge in [-0.1, -0.05) is 6.07 Å². The van der Waals surface area contributed by atoms with Gasteiger partial charge in [-0.25, -0.2) is 4.39 Å². The standard InChI is InChI=1S/C20H32FN5.HI/c1-22-20(23-13-16-6-4-10-25(2)14-16)24-18-8-5-11-26(15-18)19-9-3-7-17(21)12-19;/h3,7,9,12,16,18H,4-6,8,10-11,13-15H2,1-2H3,(H2,22,23,24);1H. The summed E-state index contributed by atoms with van der Waals surface area (Å²) in [6, 6.07) is 7.21. The van der Waals surface area contributed by atoms with Crippen molar-refractivity contribution in [2.24, 2.45) is 10.9 Å². The zero-order chi connectivity index (χ0) is 18.4. The molecule has 3 rings (SSSR count). The zero-order valence-electron chi connectivity index (χ0n) is 16.5. The van der Waals surface area contributed by atoms with Gasteiger partial charge in [-0.05, 0) is 63.4 Å². The summed E-state index contributed by atoms with van der Waals surface area (Å²) in [5.41, 5.74) is 0.963. The monoisotopic (exact) mass is 489 g/mol. The maximum atomic E-state index is 13.5. The van der Waals surface area contributed by atoms with Crippen molar-refractivity contribution in [1.82, 2.24) is 15.5 Å². The second kappa shape index (κ2) is 11.0. The Hall–Kier alpha value is -1.09. The van der Waals surface area contributed by atoms with Gasteiger partial charge in [0.25, 0.3) is 0 Å². The normalized spacial score (nSPS) is 24.3. The Balaban J connectivity index is 0.00000261. The van der Waals surface area contributed by atoms with Crippen LogP contribution in [0, 0.1) is 11.7 Å². The van der Waals surface area contributed by atoms with Crippen LogP contribution < -0.4 is 15.5 Å². The third-order valence-corrected chi connectivity index (χ3v) is 5.44. The molecule has 152 valence electrons. The Labute approximate surface area is 179 Å². The molecule has 0 aromatic heterocycles. The van der Waals surface area contributed by atoms with Gasteiger partial charge in [0, 0.05) is 45.0 Å². The van der Waals surface area contributed by atoms with E-state index >= 15 is 0 Å². The molecule has 0 amide bonds. The molecule has 2 fully saturated rings. The van der Waals surface area contributed by atoms with Gasteiger partial charge < -0.3 is 20.4 Å². The largest absolute Gasteiger partial charge is 0.369 e. The SMILES string of the molecule is CN=C(NCC1CCCN(C)C1)NC1CCCN(c2cccc(F)c2)C1.I. The van der Waals surface area contributed by atoms with Crippen molar-refractivity contribution in [1.29, 1.82) is 0 Å². The molecule has 2 aliphatic heterocycles. The predicted molar refractivity (Wildman–Crippen MR) is 122 cm³/mol. The summed E-state index contributed by atoms with van der Waals surface area (Å²) in [6.07, 6.45) is 4.77. The number of hydrogen-bond donors (Lipinski definition) is 2. The summed E-state index contributed by atoms with van der Waals surface area (Å²) in [7, 11) is 4.03. The van der Waals surface area contributed by atoms with Gasteiger partial charge in [0.1, 0.15) is 5.82 Å². The summed E-state index contributed by atoms with van der Waals surface area (Å²) in [5, 5.41) is 7.07. The van der Waals surface area contributed by atoms with Crippen LogP contribution in [0.5, 0.6) is 0 Å². The molecule has 2 heterocycles. The summed E-state index contributed by atoms with van der Waals surface area (Å²) in [6.45, 7) is 5.17. The molecule has 7 heteroatoms. The van der Waals surface area contributed by atoms with Crippen LogP contribution in [0.1, 0.15) is 25.7 Å². The fraction of sp³-hybridized carbons (Fsp3) is 0.650. The highest BCUT2D eigenvalue weighted by atomic mass is 127. The van der Waals surface area contributed by atoms with E-state index in [9.17, 15) is 4.39 Å². The third-order valence-electron chi connectivity index (χ3n) is 5.44. The summed E-state index contributed by atoms with van der Waals surface area (Å²) in [5.74, 6) is 1.39. The Morgan fingerprint density at radius 3 is 2.78 bits per heavy atom. The highest BCUT2D eigenvalue weighted by Gasteiger charge is 2.22. The quantitative estimate of drug-likeness (QED) is 0.388. The van der Waals surface area contributed by atoms with Crippen molar-refractivity contribution in [3.05, 3.63) is 30.1 Å². The van der Waals surface area contributed by atoms with Crippen molar-refractivity contribution in [2.75, 3.05) is 51.7 Å². The second-order valence-corrected chi connectivity index (χ2v) is 7.63. The fourth-order valence-electron chi connectivity index (χ4n) is 4.07. The number of guanidine groups is 1. The van der Waals surface area contributed by atoms with Crippen molar-refractivity contribution >= 4 is 35.6 Å². The minimum absolute atomic E-state index is 0. The topological polar surface area (TPSA) is 42.9 Å². The predicted octanol–water partition coefficient (Wildman–Crippen LogP) is 2.92. The Morgan fingerprint density at radius 1 is 1.22 bits per heavy atom.